The van der Waals surface area contributed by atoms with Gasteiger partial charge >= 0.3 is 0 Å². The fourth-order valence-electron chi connectivity index (χ4n) is 2.62. The van der Waals surface area contributed by atoms with Crippen molar-refractivity contribution in [2.24, 2.45) is 23.0 Å². The molecular weight excluding hydrogens is 226 g/mol. The molecule has 0 spiro atoms. The van der Waals surface area contributed by atoms with Gasteiger partial charge in [-0.1, -0.05) is 20.8 Å². The summed E-state index contributed by atoms with van der Waals surface area (Å²) >= 11 is 0. The summed E-state index contributed by atoms with van der Waals surface area (Å²) in [6.45, 7) is 5.44. The van der Waals surface area contributed by atoms with Crippen molar-refractivity contribution in [1.82, 2.24) is 5.32 Å². The van der Waals surface area contributed by atoms with E-state index in [4.69, 9.17) is 5.73 Å². The Balaban J connectivity index is 2.67. The highest BCUT2D eigenvalue weighted by molar-refractivity contribution is 5.79. The Labute approximate surface area is 101 Å². The van der Waals surface area contributed by atoms with E-state index in [1.165, 1.54) is 0 Å². The molecule has 0 saturated heterocycles. The Morgan fingerprint density at radius 2 is 2.06 bits per heavy atom. The third kappa shape index (κ3) is 3.15. The van der Waals surface area contributed by atoms with Crippen molar-refractivity contribution < 1.29 is 13.6 Å². The highest BCUT2D eigenvalue weighted by atomic mass is 19.3. The van der Waals surface area contributed by atoms with Gasteiger partial charge in [0.05, 0.1) is 6.54 Å². The van der Waals surface area contributed by atoms with Crippen LogP contribution in [0.25, 0.3) is 0 Å². The monoisotopic (exact) mass is 248 g/mol. The largest absolute Gasteiger partial charge is 0.350 e. The van der Waals surface area contributed by atoms with Gasteiger partial charge in [0.2, 0.25) is 5.91 Å². The van der Waals surface area contributed by atoms with Gasteiger partial charge in [0.1, 0.15) is 0 Å². The van der Waals surface area contributed by atoms with Crippen molar-refractivity contribution in [3.63, 3.8) is 0 Å². The molecule has 0 heterocycles. The standard InChI is InChI=1S/C12H22F2N2O/c1-7-9(15)5-4-8(12(7,2)3)11(17)16-6-10(13)14/h7-10H,4-6,15H2,1-3H3,(H,16,17). The molecule has 0 aliphatic heterocycles. The molecule has 0 aromatic carbocycles. The third-order valence-electron chi connectivity index (χ3n) is 4.25. The summed E-state index contributed by atoms with van der Waals surface area (Å²) in [5, 5.41) is 2.31. The van der Waals surface area contributed by atoms with E-state index in [2.05, 4.69) is 5.32 Å². The van der Waals surface area contributed by atoms with Crippen LogP contribution in [0.15, 0.2) is 0 Å². The van der Waals surface area contributed by atoms with Crippen LogP contribution in [0.3, 0.4) is 0 Å². The molecule has 0 bridgehead atoms. The van der Waals surface area contributed by atoms with Crippen molar-refractivity contribution in [3.05, 3.63) is 0 Å². The zero-order chi connectivity index (χ0) is 13.2. The summed E-state index contributed by atoms with van der Waals surface area (Å²) in [5.74, 6) is -0.288. The number of amides is 1. The number of hydrogen-bond donors (Lipinski definition) is 2. The normalized spacial score (nSPS) is 32.5. The molecule has 100 valence electrons. The summed E-state index contributed by atoms with van der Waals surface area (Å²) < 4.78 is 24.1. The quantitative estimate of drug-likeness (QED) is 0.799. The Morgan fingerprint density at radius 1 is 1.47 bits per heavy atom. The zero-order valence-electron chi connectivity index (χ0n) is 10.7. The van der Waals surface area contributed by atoms with Gasteiger partial charge in [-0.2, -0.15) is 0 Å². The molecule has 3 atom stereocenters. The van der Waals surface area contributed by atoms with E-state index in [-0.39, 0.29) is 29.2 Å². The minimum atomic E-state index is -2.50. The van der Waals surface area contributed by atoms with Crippen molar-refractivity contribution in [3.8, 4) is 0 Å². The lowest BCUT2D eigenvalue weighted by Gasteiger charge is -2.46. The molecule has 3 N–H and O–H groups in total. The number of alkyl halides is 2. The summed E-state index contributed by atoms with van der Waals surface area (Å²) in [7, 11) is 0. The van der Waals surface area contributed by atoms with E-state index in [9.17, 15) is 13.6 Å². The van der Waals surface area contributed by atoms with Gasteiger partial charge in [-0.15, -0.1) is 0 Å². The smallest absolute Gasteiger partial charge is 0.255 e. The van der Waals surface area contributed by atoms with Crippen LogP contribution in [0.1, 0.15) is 33.6 Å². The molecule has 0 aromatic rings. The third-order valence-corrected chi connectivity index (χ3v) is 4.25. The molecule has 0 aromatic heterocycles. The molecule has 1 rings (SSSR count). The van der Waals surface area contributed by atoms with Crippen LogP contribution in [0.2, 0.25) is 0 Å². The van der Waals surface area contributed by atoms with Gasteiger partial charge in [0, 0.05) is 12.0 Å². The first-order valence-corrected chi connectivity index (χ1v) is 6.08. The molecule has 1 fully saturated rings. The van der Waals surface area contributed by atoms with Crippen molar-refractivity contribution in [1.29, 1.82) is 0 Å². The van der Waals surface area contributed by atoms with Crippen LogP contribution >= 0.6 is 0 Å². The number of nitrogens with one attached hydrogen (secondary N) is 1. The average molecular weight is 248 g/mol. The maximum atomic E-state index is 12.1. The Bertz CT molecular complexity index is 282. The fourth-order valence-corrected chi connectivity index (χ4v) is 2.62. The highest BCUT2D eigenvalue weighted by Crippen LogP contribution is 2.44. The second kappa shape index (κ2) is 5.29. The number of nitrogens with two attached hydrogens (primary N) is 1. The molecule has 1 aliphatic carbocycles. The van der Waals surface area contributed by atoms with Gasteiger partial charge in [-0.3, -0.25) is 4.79 Å². The lowest BCUT2D eigenvalue weighted by Crippen LogP contribution is -2.52. The van der Waals surface area contributed by atoms with Crippen LogP contribution in [-0.2, 0) is 4.79 Å². The van der Waals surface area contributed by atoms with Crippen molar-refractivity contribution in [2.75, 3.05) is 6.54 Å². The number of carbonyl (C=O) groups excluding carboxylic acids is 1. The zero-order valence-corrected chi connectivity index (χ0v) is 10.7. The van der Waals surface area contributed by atoms with Gasteiger partial charge in [-0.25, -0.2) is 8.78 Å². The molecule has 1 amide bonds. The maximum Gasteiger partial charge on any atom is 0.255 e. The second-order valence-corrected chi connectivity index (χ2v) is 5.54. The van der Waals surface area contributed by atoms with Gasteiger partial charge in [-0.05, 0) is 24.2 Å². The predicted molar refractivity (Wildman–Crippen MR) is 62.7 cm³/mol. The molecular formula is C12H22F2N2O. The molecule has 0 radical (unpaired) electrons. The maximum absolute atomic E-state index is 12.1. The van der Waals surface area contributed by atoms with E-state index < -0.39 is 13.0 Å². The molecule has 17 heavy (non-hydrogen) atoms. The van der Waals surface area contributed by atoms with Gasteiger partial charge in [0.25, 0.3) is 6.43 Å². The molecule has 3 nitrogen and oxygen atoms in total. The van der Waals surface area contributed by atoms with Gasteiger partial charge in [0.15, 0.2) is 0 Å². The lowest BCUT2D eigenvalue weighted by atomic mass is 9.61. The minimum absolute atomic E-state index is 0.0872. The van der Waals surface area contributed by atoms with Crippen LogP contribution in [0.4, 0.5) is 8.78 Å². The number of rotatable bonds is 3. The number of carbonyl (C=O) groups is 1. The van der Waals surface area contributed by atoms with Crippen molar-refractivity contribution >= 4 is 5.91 Å². The SMILES string of the molecule is CC1C(N)CCC(C(=O)NCC(F)F)C1(C)C. The second-order valence-electron chi connectivity index (χ2n) is 5.54. The van der Waals surface area contributed by atoms with Crippen molar-refractivity contribution in [2.45, 2.75) is 46.1 Å². The minimum Gasteiger partial charge on any atom is -0.350 e. The van der Waals surface area contributed by atoms with E-state index in [1.807, 2.05) is 20.8 Å². The number of hydrogen-bond acceptors (Lipinski definition) is 2. The van der Waals surface area contributed by atoms with Crippen LogP contribution in [0, 0.1) is 17.3 Å². The first-order chi connectivity index (χ1) is 7.76. The summed E-state index contributed by atoms with van der Waals surface area (Å²) in [5.41, 5.74) is 5.74. The Morgan fingerprint density at radius 3 is 2.59 bits per heavy atom. The summed E-state index contributed by atoms with van der Waals surface area (Å²) in [6, 6.07) is 0.0872. The fraction of sp³-hybridized carbons (Fsp3) is 0.917. The summed E-state index contributed by atoms with van der Waals surface area (Å²) in [6.07, 6.45) is -1.05. The van der Waals surface area contributed by atoms with Gasteiger partial charge < -0.3 is 11.1 Å². The summed E-state index contributed by atoms with van der Waals surface area (Å²) in [4.78, 5) is 11.9. The molecule has 5 heteroatoms. The van der Waals surface area contributed by atoms with Crippen LogP contribution in [-0.4, -0.2) is 24.9 Å². The average Bonchev–Trinajstić information content (AvgIpc) is 2.23. The van der Waals surface area contributed by atoms with E-state index in [0.29, 0.717) is 6.42 Å². The Hall–Kier alpha value is -0.710. The molecule has 3 unspecified atom stereocenters. The van der Waals surface area contributed by atoms with Crippen LogP contribution < -0.4 is 11.1 Å². The number of halogens is 2. The molecule has 1 aliphatic rings. The first kappa shape index (κ1) is 14.4. The van der Waals surface area contributed by atoms with E-state index in [1.54, 1.807) is 0 Å². The molecule has 1 saturated carbocycles. The van der Waals surface area contributed by atoms with E-state index in [0.717, 1.165) is 6.42 Å². The first-order valence-electron chi connectivity index (χ1n) is 6.08. The van der Waals surface area contributed by atoms with Crippen LogP contribution in [0.5, 0.6) is 0 Å². The topological polar surface area (TPSA) is 55.1 Å². The Kier molecular flexibility index (Phi) is 4.47. The highest BCUT2D eigenvalue weighted by Gasteiger charge is 2.44. The predicted octanol–water partition coefficient (Wildman–Crippen LogP) is 1.77. The van der Waals surface area contributed by atoms with E-state index >= 15 is 0 Å². The lowest BCUT2D eigenvalue weighted by molar-refractivity contribution is -0.133.